The molecule has 0 aliphatic carbocycles. The Morgan fingerprint density at radius 2 is 2.04 bits per heavy atom. The molecule has 3 N–H and O–H groups in total. The predicted octanol–water partition coefficient (Wildman–Crippen LogP) is 0.826. The highest BCUT2D eigenvalue weighted by Gasteiger charge is 2.55. The zero-order valence-electron chi connectivity index (χ0n) is 14.7. The Morgan fingerprint density at radius 1 is 1.24 bits per heavy atom. The summed E-state index contributed by atoms with van der Waals surface area (Å²) in [5.74, 6) is -0.298. The first-order valence-electron chi connectivity index (χ1n) is 8.65. The van der Waals surface area contributed by atoms with Gasteiger partial charge in [0.15, 0.2) is 23.5 Å². The van der Waals surface area contributed by atoms with E-state index < -0.39 is 5.79 Å². The summed E-state index contributed by atoms with van der Waals surface area (Å²) in [4.78, 5) is 12.6. The second-order valence-electron chi connectivity index (χ2n) is 6.92. The summed E-state index contributed by atoms with van der Waals surface area (Å²) in [6.45, 7) is 7.61. The molecule has 9 heteroatoms. The molecule has 2 aliphatic heterocycles. The minimum Gasteiger partial charge on any atom is -0.382 e. The van der Waals surface area contributed by atoms with Gasteiger partial charge in [-0.2, -0.15) is 0 Å². The van der Waals surface area contributed by atoms with Gasteiger partial charge in [-0.25, -0.2) is 15.0 Å². The van der Waals surface area contributed by atoms with Crippen molar-refractivity contribution in [2.75, 3.05) is 18.8 Å². The maximum absolute atomic E-state index is 6.27. The molecule has 2 fully saturated rings. The third-order valence-corrected chi connectivity index (χ3v) is 4.56. The van der Waals surface area contributed by atoms with Crippen LogP contribution in [0.15, 0.2) is 12.7 Å². The van der Waals surface area contributed by atoms with E-state index in [0.29, 0.717) is 23.5 Å². The first kappa shape index (κ1) is 16.6. The molecule has 4 atom stereocenters. The number of rotatable bonds is 5. The first-order valence-corrected chi connectivity index (χ1v) is 8.65. The number of fused-ring (bicyclic) bond motifs is 2. The van der Waals surface area contributed by atoms with Gasteiger partial charge in [0.05, 0.1) is 6.33 Å². The maximum atomic E-state index is 6.27. The van der Waals surface area contributed by atoms with Crippen LogP contribution in [0.2, 0.25) is 0 Å². The fourth-order valence-corrected chi connectivity index (χ4v) is 3.52. The zero-order chi connectivity index (χ0) is 17.6. The van der Waals surface area contributed by atoms with Crippen molar-refractivity contribution in [3.05, 3.63) is 12.7 Å². The Hall–Kier alpha value is -1.81. The van der Waals surface area contributed by atoms with Crippen LogP contribution in [0, 0.1) is 0 Å². The van der Waals surface area contributed by atoms with E-state index in [1.807, 2.05) is 18.4 Å². The summed E-state index contributed by atoms with van der Waals surface area (Å²) in [5, 5.41) is 3.40. The quantitative estimate of drug-likeness (QED) is 0.765. The van der Waals surface area contributed by atoms with Gasteiger partial charge < -0.3 is 25.3 Å². The molecule has 2 aromatic heterocycles. The van der Waals surface area contributed by atoms with Gasteiger partial charge in [0, 0.05) is 6.54 Å². The van der Waals surface area contributed by atoms with E-state index in [1.54, 1.807) is 6.33 Å². The maximum Gasteiger partial charge on any atom is 0.167 e. The fourth-order valence-electron chi connectivity index (χ4n) is 3.52. The number of nitrogens with two attached hydrogens (primary N) is 1. The van der Waals surface area contributed by atoms with Crippen molar-refractivity contribution in [3.63, 3.8) is 0 Å². The minimum atomic E-state index is -0.648. The Morgan fingerprint density at radius 3 is 2.84 bits per heavy atom. The monoisotopic (exact) mass is 348 g/mol. The Bertz CT molecular complexity index is 763. The lowest BCUT2D eigenvalue weighted by atomic mass is 10.1. The van der Waals surface area contributed by atoms with Gasteiger partial charge in [0.2, 0.25) is 0 Å². The van der Waals surface area contributed by atoms with E-state index in [1.165, 1.54) is 6.33 Å². The van der Waals surface area contributed by atoms with Crippen LogP contribution in [0.25, 0.3) is 11.2 Å². The van der Waals surface area contributed by atoms with Crippen molar-refractivity contribution in [2.45, 2.75) is 57.5 Å². The van der Waals surface area contributed by atoms with Gasteiger partial charge in [-0.1, -0.05) is 6.92 Å². The molecule has 4 rings (SSSR count). The molecule has 9 nitrogen and oxygen atoms in total. The zero-order valence-corrected chi connectivity index (χ0v) is 14.7. The largest absolute Gasteiger partial charge is 0.382 e. The SMILES string of the molecule is CCCNCC1O[C@@H](n2cnc3c(N)ncnc32)C2OC(C)(C)O[C@H]12. The van der Waals surface area contributed by atoms with Crippen molar-refractivity contribution in [3.8, 4) is 0 Å². The second-order valence-corrected chi connectivity index (χ2v) is 6.92. The summed E-state index contributed by atoms with van der Waals surface area (Å²) in [5.41, 5.74) is 7.09. The molecule has 0 aromatic carbocycles. The van der Waals surface area contributed by atoms with Gasteiger partial charge in [-0.3, -0.25) is 4.57 Å². The van der Waals surface area contributed by atoms with E-state index >= 15 is 0 Å². The fraction of sp³-hybridized carbons (Fsp3) is 0.688. The highest BCUT2D eigenvalue weighted by molar-refractivity contribution is 5.81. The number of hydrogen-bond donors (Lipinski definition) is 2. The minimum absolute atomic E-state index is 0.111. The number of hydrogen-bond acceptors (Lipinski definition) is 8. The average molecular weight is 348 g/mol. The third kappa shape index (κ3) is 2.86. The number of nitrogens with one attached hydrogen (secondary N) is 1. The smallest absolute Gasteiger partial charge is 0.167 e. The molecular formula is C16H24N6O3. The number of nitrogens with zero attached hydrogens (tertiary/aromatic N) is 4. The van der Waals surface area contributed by atoms with Gasteiger partial charge in [-0.15, -0.1) is 0 Å². The van der Waals surface area contributed by atoms with E-state index in [-0.39, 0.29) is 24.5 Å². The van der Waals surface area contributed by atoms with Crippen LogP contribution in [-0.2, 0) is 14.2 Å². The molecule has 2 saturated heterocycles. The van der Waals surface area contributed by atoms with E-state index in [4.69, 9.17) is 19.9 Å². The van der Waals surface area contributed by atoms with Crippen LogP contribution in [0.3, 0.4) is 0 Å². The van der Waals surface area contributed by atoms with Crippen LogP contribution in [0.5, 0.6) is 0 Å². The molecular weight excluding hydrogens is 324 g/mol. The number of aromatic nitrogens is 4. The van der Waals surface area contributed by atoms with Crippen molar-refractivity contribution < 1.29 is 14.2 Å². The Kier molecular flexibility index (Phi) is 4.11. The van der Waals surface area contributed by atoms with Gasteiger partial charge in [0.25, 0.3) is 0 Å². The van der Waals surface area contributed by atoms with Gasteiger partial charge >= 0.3 is 0 Å². The topological polar surface area (TPSA) is 109 Å². The molecule has 0 amide bonds. The lowest BCUT2D eigenvalue weighted by molar-refractivity contribution is -0.195. The number of ether oxygens (including phenoxy) is 3. The highest BCUT2D eigenvalue weighted by atomic mass is 16.8. The van der Waals surface area contributed by atoms with Crippen molar-refractivity contribution in [1.82, 2.24) is 24.8 Å². The lowest BCUT2D eigenvalue weighted by Crippen LogP contribution is -2.37. The first-order chi connectivity index (χ1) is 12.0. The Labute approximate surface area is 145 Å². The third-order valence-electron chi connectivity index (χ3n) is 4.56. The van der Waals surface area contributed by atoms with Crippen LogP contribution in [-0.4, -0.2) is 56.7 Å². The van der Waals surface area contributed by atoms with Gasteiger partial charge in [0.1, 0.15) is 30.2 Å². The number of imidazole rings is 1. The summed E-state index contributed by atoms with van der Waals surface area (Å²) in [7, 11) is 0. The summed E-state index contributed by atoms with van der Waals surface area (Å²) >= 11 is 0. The normalized spacial score (nSPS) is 30.8. The van der Waals surface area contributed by atoms with Crippen LogP contribution < -0.4 is 11.1 Å². The molecule has 2 aliphatic rings. The van der Waals surface area contributed by atoms with Gasteiger partial charge in [-0.05, 0) is 26.8 Å². The molecule has 0 spiro atoms. The van der Waals surface area contributed by atoms with E-state index in [0.717, 1.165) is 13.0 Å². The molecule has 0 bridgehead atoms. The summed E-state index contributed by atoms with van der Waals surface area (Å²) in [6, 6.07) is 0. The highest BCUT2D eigenvalue weighted by Crippen LogP contribution is 2.43. The average Bonchev–Trinajstić information content (AvgIpc) is 3.20. The van der Waals surface area contributed by atoms with E-state index in [2.05, 4.69) is 27.2 Å². The molecule has 2 aromatic rings. The van der Waals surface area contributed by atoms with Crippen molar-refractivity contribution in [2.24, 2.45) is 0 Å². The Balaban J connectivity index is 1.65. The number of nitrogen functional groups attached to an aromatic ring is 1. The second kappa shape index (κ2) is 6.17. The van der Waals surface area contributed by atoms with Crippen LogP contribution >= 0.6 is 0 Å². The van der Waals surface area contributed by atoms with Crippen LogP contribution in [0.1, 0.15) is 33.4 Å². The molecule has 2 unspecified atom stereocenters. The van der Waals surface area contributed by atoms with E-state index in [9.17, 15) is 0 Å². The predicted molar refractivity (Wildman–Crippen MR) is 90.6 cm³/mol. The number of anilines is 1. The lowest BCUT2D eigenvalue weighted by Gasteiger charge is -2.25. The summed E-state index contributed by atoms with van der Waals surface area (Å²) < 4.78 is 20.4. The van der Waals surface area contributed by atoms with Crippen molar-refractivity contribution in [1.29, 1.82) is 0 Å². The molecule has 0 radical (unpaired) electrons. The molecule has 0 saturated carbocycles. The standard InChI is InChI=1S/C16H24N6O3/c1-4-5-18-6-9-11-12(25-16(2,3)24-11)15(23-9)22-8-21-10-13(17)19-7-20-14(10)22/h7-9,11-12,15,18H,4-6H2,1-3H3,(H2,17,19,20)/t9?,11-,12?,15-/m1/s1. The van der Waals surface area contributed by atoms with Crippen molar-refractivity contribution >= 4 is 17.0 Å². The molecule has 25 heavy (non-hydrogen) atoms. The van der Waals surface area contributed by atoms with Crippen LogP contribution in [0.4, 0.5) is 5.82 Å². The molecule has 4 heterocycles. The summed E-state index contributed by atoms with van der Waals surface area (Å²) in [6.07, 6.45) is 3.29. The molecule has 136 valence electrons.